The average molecular weight is 329 g/mol. The highest BCUT2D eigenvalue weighted by Gasteiger charge is 2.15. The van der Waals surface area contributed by atoms with Gasteiger partial charge in [-0.15, -0.1) is 0 Å². The van der Waals surface area contributed by atoms with Crippen LogP contribution in [0.25, 0.3) is 44.8 Å². The maximum Gasteiger partial charge on any atom is 0.160 e. The number of fused-ring (bicyclic) bond motifs is 2. The van der Waals surface area contributed by atoms with Crippen LogP contribution in [-0.4, -0.2) is 34.7 Å². The fraction of sp³-hybridized carbons (Fsp3) is 0.111. The molecule has 0 aliphatic heterocycles. The molecule has 5 aromatic rings. The van der Waals surface area contributed by atoms with E-state index in [1.165, 1.54) is 0 Å². The lowest BCUT2D eigenvalue weighted by atomic mass is 10.1. The predicted molar refractivity (Wildman–Crippen MR) is 95.9 cm³/mol. The SMILES string of the molecule is Cc1ncc(-c2ccc3[nH]nc(-c4nc5cccnc5[nH]4)c3c2)n1C. The third-order valence-corrected chi connectivity index (χ3v) is 4.56. The van der Waals surface area contributed by atoms with Crippen molar-refractivity contribution in [3.63, 3.8) is 0 Å². The Labute approximate surface area is 142 Å². The molecule has 0 amide bonds. The molecule has 1 aromatic carbocycles. The first-order valence-electron chi connectivity index (χ1n) is 7.98. The van der Waals surface area contributed by atoms with Crippen LogP contribution in [0.1, 0.15) is 5.82 Å². The van der Waals surface area contributed by atoms with Crippen molar-refractivity contribution in [2.24, 2.45) is 7.05 Å². The molecule has 7 heteroatoms. The predicted octanol–water partition coefficient (Wildman–Crippen LogP) is 3.21. The lowest BCUT2D eigenvalue weighted by Crippen LogP contribution is -1.94. The van der Waals surface area contributed by atoms with E-state index in [1.807, 2.05) is 38.4 Å². The van der Waals surface area contributed by atoms with Crippen LogP contribution in [-0.2, 0) is 7.05 Å². The molecular weight excluding hydrogens is 314 g/mol. The molecule has 5 rings (SSSR count). The summed E-state index contributed by atoms with van der Waals surface area (Å²) in [6.45, 7) is 1.99. The van der Waals surface area contributed by atoms with Gasteiger partial charge in [-0.25, -0.2) is 15.0 Å². The van der Waals surface area contributed by atoms with Crippen molar-refractivity contribution in [2.45, 2.75) is 6.92 Å². The van der Waals surface area contributed by atoms with E-state index in [1.54, 1.807) is 6.20 Å². The van der Waals surface area contributed by atoms with Gasteiger partial charge in [0.25, 0.3) is 0 Å². The zero-order valence-electron chi connectivity index (χ0n) is 13.8. The van der Waals surface area contributed by atoms with Crippen LogP contribution in [0.15, 0.2) is 42.7 Å². The quantitative estimate of drug-likeness (QED) is 0.520. The van der Waals surface area contributed by atoms with Crippen LogP contribution in [0.3, 0.4) is 0 Å². The number of imidazole rings is 2. The number of aryl methyl sites for hydroxylation is 1. The van der Waals surface area contributed by atoms with Crippen molar-refractivity contribution in [3.05, 3.63) is 48.5 Å². The molecule has 2 N–H and O–H groups in total. The Bertz CT molecular complexity index is 1190. The normalized spacial score (nSPS) is 11.6. The molecule has 0 unspecified atom stereocenters. The van der Waals surface area contributed by atoms with E-state index in [0.29, 0.717) is 5.82 Å². The van der Waals surface area contributed by atoms with Crippen molar-refractivity contribution in [3.8, 4) is 22.8 Å². The van der Waals surface area contributed by atoms with Gasteiger partial charge in [0.1, 0.15) is 17.0 Å². The lowest BCUT2D eigenvalue weighted by molar-refractivity contribution is 0.865. The summed E-state index contributed by atoms with van der Waals surface area (Å²) < 4.78 is 2.08. The standard InChI is InChI=1S/C18H15N7/c1-10-20-9-15(25(10)2)11-5-6-13-12(8-11)16(24-23-13)18-21-14-4-3-7-19-17(14)22-18/h3-9H,1-2H3,(H,23,24)(H,19,21,22). The second kappa shape index (κ2) is 5.01. The van der Waals surface area contributed by atoms with Crippen molar-refractivity contribution < 1.29 is 0 Å². The third kappa shape index (κ3) is 2.06. The van der Waals surface area contributed by atoms with E-state index in [0.717, 1.165) is 44.8 Å². The maximum absolute atomic E-state index is 4.61. The van der Waals surface area contributed by atoms with Crippen molar-refractivity contribution in [1.29, 1.82) is 0 Å². The third-order valence-electron chi connectivity index (χ3n) is 4.56. The lowest BCUT2D eigenvalue weighted by Gasteiger charge is -2.04. The molecule has 0 spiro atoms. The number of nitrogens with zero attached hydrogens (tertiary/aromatic N) is 5. The Hall–Kier alpha value is -3.48. The number of aromatic nitrogens is 7. The van der Waals surface area contributed by atoms with E-state index in [-0.39, 0.29) is 0 Å². The number of H-pyrrole nitrogens is 2. The minimum atomic E-state index is 0.707. The molecule has 0 saturated heterocycles. The summed E-state index contributed by atoms with van der Waals surface area (Å²) in [4.78, 5) is 16.5. The summed E-state index contributed by atoms with van der Waals surface area (Å²) in [5.74, 6) is 1.68. The monoisotopic (exact) mass is 329 g/mol. The van der Waals surface area contributed by atoms with E-state index in [2.05, 4.69) is 46.8 Å². The topological polar surface area (TPSA) is 88.1 Å². The van der Waals surface area contributed by atoms with Gasteiger partial charge < -0.3 is 9.55 Å². The molecule has 0 atom stereocenters. The van der Waals surface area contributed by atoms with Gasteiger partial charge in [-0.3, -0.25) is 5.10 Å². The average Bonchev–Trinajstić information content (AvgIpc) is 3.31. The van der Waals surface area contributed by atoms with Crippen LogP contribution >= 0.6 is 0 Å². The molecule has 25 heavy (non-hydrogen) atoms. The maximum atomic E-state index is 4.61. The van der Waals surface area contributed by atoms with Crippen molar-refractivity contribution in [2.75, 3.05) is 0 Å². The Morgan fingerprint density at radius 3 is 2.84 bits per heavy atom. The smallest absolute Gasteiger partial charge is 0.160 e. The van der Waals surface area contributed by atoms with Gasteiger partial charge in [0.2, 0.25) is 0 Å². The molecule has 0 aliphatic rings. The zero-order chi connectivity index (χ0) is 17.0. The Kier molecular flexibility index (Phi) is 2.79. The van der Waals surface area contributed by atoms with Gasteiger partial charge in [-0.1, -0.05) is 6.07 Å². The molecule has 0 radical (unpaired) electrons. The molecule has 0 saturated carbocycles. The van der Waals surface area contributed by atoms with E-state index in [4.69, 9.17) is 0 Å². The number of rotatable bonds is 2. The molecule has 7 nitrogen and oxygen atoms in total. The fourth-order valence-electron chi connectivity index (χ4n) is 3.08. The molecule has 4 heterocycles. The Morgan fingerprint density at radius 2 is 2.04 bits per heavy atom. The van der Waals surface area contributed by atoms with Gasteiger partial charge in [-0.05, 0) is 31.2 Å². The van der Waals surface area contributed by atoms with Gasteiger partial charge in [0.15, 0.2) is 11.5 Å². The van der Waals surface area contributed by atoms with Gasteiger partial charge >= 0.3 is 0 Å². The molecular formula is C18H15N7. The van der Waals surface area contributed by atoms with E-state index < -0.39 is 0 Å². The van der Waals surface area contributed by atoms with Crippen LogP contribution in [0.4, 0.5) is 0 Å². The Morgan fingerprint density at radius 1 is 1.12 bits per heavy atom. The number of hydrogen-bond donors (Lipinski definition) is 2. The molecule has 0 bridgehead atoms. The summed E-state index contributed by atoms with van der Waals surface area (Å²) >= 11 is 0. The van der Waals surface area contributed by atoms with Crippen LogP contribution in [0.5, 0.6) is 0 Å². The first-order chi connectivity index (χ1) is 12.2. The number of hydrogen-bond acceptors (Lipinski definition) is 4. The Balaban J connectivity index is 1.71. The van der Waals surface area contributed by atoms with Crippen molar-refractivity contribution in [1.82, 2.24) is 34.7 Å². The zero-order valence-corrected chi connectivity index (χ0v) is 13.8. The van der Waals surface area contributed by atoms with Crippen LogP contribution in [0, 0.1) is 6.92 Å². The highest BCUT2D eigenvalue weighted by Crippen LogP contribution is 2.30. The minimum absolute atomic E-state index is 0.707. The van der Waals surface area contributed by atoms with Crippen molar-refractivity contribution >= 4 is 22.1 Å². The minimum Gasteiger partial charge on any atom is -0.331 e. The highest BCUT2D eigenvalue weighted by atomic mass is 15.1. The van der Waals surface area contributed by atoms with Gasteiger partial charge in [-0.2, -0.15) is 5.10 Å². The van der Waals surface area contributed by atoms with E-state index >= 15 is 0 Å². The molecule has 0 fully saturated rings. The summed E-state index contributed by atoms with van der Waals surface area (Å²) in [5.41, 5.74) is 5.49. The number of aromatic amines is 2. The summed E-state index contributed by atoms with van der Waals surface area (Å²) in [6, 6.07) is 10.0. The highest BCUT2D eigenvalue weighted by molar-refractivity contribution is 5.95. The summed E-state index contributed by atoms with van der Waals surface area (Å²) in [6.07, 6.45) is 3.64. The van der Waals surface area contributed by atoms with Gasteiger partial charge in [0.05, 0.1) is 17.4 Å². The number of nitrogens with one attached hydrogen (secondary N) is 2. The fourth-order valence-corrected chi connectivity index (χ4v) is 3.08. The first kappa shape index (κ1) is 13.9. The largest absolute Gasteiger partial charge is 0.331 e. The number of pyridine rings is 1. The summed E-state index contributed by atoms with van der Waals surface area (Å²) in [7, 11) is 2.02. The molecule has 122 valence electrons. The second-order valence-corrected chi connectivity index (χ2v) is 6.04. The van der Waals surface area contributed by atoms with Gasteiger partial charge in [0, 0.05) is 24.2 Å². The molecule has 0 aliphatic carbocycles. The first-order valence-corrected chi connectivity index (χ1v) is 7.98. The summed E-state index contributed by atoms with van der Waals surface area (Å²) in [5, 5.41) is 8.54. The molecule has 4 aromatic heterocycles. The van der Waals surface area contributed by atoms with Crippen LogP contribution < -0.4 is 0 Å². The number of benzene rings is 1. The van der Waals surface area contributed by atoms with Crippen LogP contribution in [0.2, 0.25) is 0 Å². The second-order valence-electron chi connectivity index (χ2n) is 6.04. The van der Waals surface area contributed by atoms with E-state index in [9.17, 15) is 0 Å².